The number of amides is 5. The number of likely N-dealkylation sites (tertiary alicyclic amines) is 1. The first-order chi connectivity index (χ1) is 21.1. The highest BCUT2D eigenvalue weighted by atomic mass is 32.2. The third-order valence-corrected chi connectivity index (χ3v) is 11.8. The van der Waals surface area contributed by atoms with E-state index in [1.807, 2.05) is 55.4 Å². The number of nitrogens with two attached hydrogens (primary N) is 1. The average Bonchev–Trinajstić information content (AvgIpc) is 3.73. The lowest BCUT2D eigenvalue weighted by Gasteiger charge is -2.39. The van der Waals surface area contributed by atoms with Crippen LogP contribution in [0.5, 0.6) is 0 Å². The molecule has 2 heterocycles. The molecule has 2 aliphatic carbocycles. The highest BCUT2D eigenvalue weighted by Crippen LogP contribution is 2.65. The standard InChI is InChI=1S/C31H53N7O7S/c1-29(2,3)20(15-33-46(44,45)37-12-9-13-37)35-28(43)36-24(30(4,5)6)27(42)38-16-18-21(31(18,7)8)22(38)26(41)34-19(14-17-10-11-17)23(39)25(32)40/h17-22,24,33H,9-16H2,1-8H3,(H2,32,40)(H,34,41)(H2,35,36,43)/t18-,19?,20+,21-,22-,24+/m0/s1. The van der Waals surface area contributed by atoms with Crippen molar-refractivity contribution in [2.24, 2.45) is 39.7 Å². The maximum atomic E-state index is 14.3. The molecule has 0 spiro atoms. The van der Waals surface area contributed by atoms with E-state index in [-0.39, 0.29) is 29.7 Å². The predicted octanol–water partition coefficient (Wildman–Crippen LogP) is 0.477. The molecule has 4 aliphatic rings. The predicted molar refractivity (Wildman–Crippen MR) is 171 cm³/mol. The van der Waals surface area contributed by atoms with Crippen LogP contribution in [0.25, 0.3) is 0 Å². The van der Waals surface area contributed by atoms with Gasteiger partial charge >= 0.3 is 6.03 Å². The molecule has 0 radical (unpaired) electrons. The van der Waals surface area contributed by atoms with Crippen LogP contribution in [0.3, 0.4) is 0 Å². The molecule has 15 heteroatoms. The van der Waals surface area contributed by atoms with Crippen LogP contribution >= 0.6 is 0 Å². The summed E-state index contributed by atoms with van der Waals surface area (Å²) in [6.07, 6.45) is 2.94. The van der Waals surface area contributed by atoms with Crippen LogP contribution in [-0.2, 0) is 29.4 Å². The molecule has 1 unspecified atom stereocenters. The van der Waals surface area contributed by atoms with Crippen molar-refractivity contribution in [1.82, 2.24) is 29.9 Å². The van der Waals surface area contributed by atoms with E-state index in [1.165, 1.54) is 9.21 Å². The summed E-state index contributed by atoms with van der Waals surface area (Å²) in [6, 6.07) is -4.22. The molecule has 0 aromatic rings. The highest BCUT2D eigenvalue weighted by Gasteiger charge is 2.70. The summed E-state index contributed by atoms with van der Waals surface area (Å²) in [5, 5.41) is 8.44. The van der Waals surface area contributed by atoms with Crippen molar-refractivity contribution < 1.29 is 32.4 Å². The largest absolute Gasteiger partial charge is 0.363 e. The van der Waals surface area contributed by atoms with Gasteiger partial charge in [0.1, 0.15) is 12.1 Å². The summed E-state index contributed by atoms with van der Waals surface area (Å²) in [7, 11) is -3.67. The number of carbonyl (C=O) groups excluding carboxylic acids is 5. The lowest BCUT2D eigenvalue weighted by Crippen LogP contribution is -2.63. The van der Waals surface area contributed by atoms with E-state index >= 15 is 0 Å². The second kappa shape index (κ2) is 12.7. The zero-order chi connectivity index (χ0) is 34.6. The fraction of sp³-hybridized carbons (Fsp3) is 0.839. The first-order valence-corrected chi connectivity index (χ1v) is 17.8. The maximum Gasteiger partial charge on any atom is 0.315 e. The number of ketones is 1. The molecule has 4 fully saturated rings. The van der Waals surface area contributed by atoms with E-state index in [0.717, 1.165) is 19.3 Å². The van der Waals surface area contributed by atoms with Gasteiger partial charge in [-0.05, 0) is 46.8 Å². The summed E-state index contributed by atoms with van der Waals surface area (Å²) >= 11 is 0. The molecule has 2 saturated heterocycles. The second-order valence-electron chi connectivity index (χ2n) is 16.3. The normalized spacial score (nSPS) is 26.2. The van der Waals surface area contributed by atoms with Crippen LogP contribution in [0.2, 0.25) is 0 Å². The molecular weight excluding hydrogens is 614 g/mol. The number of hydrogen-bond donors (Lipinski definition) is 5. The third kappa shape index (κ3) is 7.84. The number of fused-ring (bicyclic) bond motifs is 1. The summed E-state index contributed by atoms with van der Waals surface area (Å²) in [6.45, 7) is 16.3. The molecule has 0 bridgehead atoms. The van der Waals surface area contributed by atoms with Crippen LogP contribution in [0.15, 0.2) is 0 Å². The van der Waals surface area contributed by atoms with Gasteiger partial charge in [0, 0.05) is 32.2 Å². The maximum absolute atomic E-state index is 14.3. The Balaban J connectivity index is 1.49. The Morgan fingerprint density at radius 3 is 2.02 bits per heavy atom. The number of nitrogens with zero attached hydrogens (tertiary/aromatic N) is 2. The Bertz CT molecular complexity index is 1350. The van der Waals surface area contributed by atoms with Gasteiger partial charge in [-0.25, -0.2) is 9.52 Å². The Hall–Kier alpha value is -2.78. The van der Waals surface area contributed by atoms with Gasteiger partial charge in [-0.15, -0.1) is 0 Å². The van der Waals surface area contributed by atoms with Crippen LogP contribution in [0.4, 0.5) is 4.79 Å². The van der Waals surface area contributed by atoms with Gasteiger partial charge in [0.25, 0.3) is 16.1 Å². The lowest BCUT2D eigenvalue weighted by molar-refractivity contribution is -0.145. The van der Waals surface area contributed by atoms with Gasteiger partial charge in [0.2, 0.25) is 17.6 Å². The zero-order valence-electron chi connectivity index (χ0n) is 28.4. The van der Waals surface area contributed by atoms with Gasteiger partial charge in [0.15, 0.2) is 0 Å². The van der Waals surface area contributed by atoms with Crippen molar-refractivity contribution in [2.45, 2.75) is 105 Å². The van der Waals surface area contributed by atoms with E-state index in [4.69, 9.17) is 5.73 Å². The van der Waals surface area contributed by atoms with E-state index < -0.39 is 74.7 Å². The Labute approximate surface area is 272 Å². The van der Waals surface area contributed by atoms with Crippen molar-refractivity contribution in [3.8, 4) is 0 Å². The number of nitrogens with one attached hydrogen (secondary N) is 4. The number of primary amides is 1. The topological polar surface area (TPSA) is 200 Å². The van der Waals surface area contributed by atoms with E-state index in [2.05, 4.69) is 20.7 Å². The summed E-state index contributed by atoms with van der Waals surface area (Å²) in [4.78, 5) is 67.4. The fourth-order valence-corrected chi connectivity index (χ4v) is 7.99. The number of piperidine rings is 1. The van der Waals surface area contributed by atoms with Crippen molar-refractivity contribution in [2.75, 3.05) is 26.2 Å². The van der Waals surface area contributed by atoms with Crippen LogP contribution in [-0.4, -0.2) is 97.5 Å². The molecule has 4 rings (SSSR count). The molecule has 0 aromatic carbocycles. The van der Waals surface area contributed by atoms with Gasteiger partial charge in [-0.2, -0.15) is 12.7 Å². The molecule has 46 heavy (non-hydrogen) atoms. The number of hydrogen-bond acceptors (Lipinski definition) is 7. The number of urea groups is 1. The van der Waals surface area contributed by atoms with Gasteiger partial charge in [-0.1, -0.05) is 68.2 Å². The van der Waals surface area contributed by atoms with E-state index in [9.17, 15) is 32.4 Å². The minimum absolute atomic E-state index is 0.0389. The zero-order valence-corrected chi connectivity index (χ0v) is 29.3. The van der Waals surface area contributed by atoms with Crippen LogP contribution < -0.4 is 26.4 Å². The third-order valence-electron chi connectivity index (χ3n) is 10.3. The van der Waals surface area contributed by atoms with Gasteiger partial charge in [-0.3, -0.25) is 19.2 Å². The van der Waals surface area contributed by atoms with Crippen molar-refractivity contribution in [3.05, 3.63) is 0 Å². The molecule has 2 saturated carbocycles. The second-order valence-corrected chi connectivity index (χ2v) is 18.1. The summed E-state index contributed by atoms with van der Waals surface area (Å²) in [5.74, 6) is -2.77. The summed E-state index contributed by atoms with van der Waals surface area (Å²) in [5.41, 5.74) is 3.80. The first-order valence-electron chi connectivity index (χ1n) is 16.3. The lowest BCUT2D eigenvalue weighted by atomic mass is 9.85. The van der Waals surface area contributed by atoms with Crippen molar-refractivity contribution in [1.29, 1.82) is 0 Å². The number of Topliss-reactive ketones (excluding diaryl/α,β-unsaturated/α-hetero) is 1. The summed E-state index contributed by atoms with van der Waals surface area (Å²) < 4.78 is 29.1. The highest BCUT2D eigenvalue weighted by molar-refractivity contribution is 7.87. The molecule has 260 valence electrons. The number of rotatable bonds is 13. The Morgan fingerprint density at radius 2 is 1.54 bits per heavy atom. The SMILES string of the molecule is CC(C)(C)[C@H](NC(=O)N[C@H](CNS(=O)(=O)N1CCC1)C(C)(C)C)C(=O)N1C[C@H]2[C@@H]([C@H]1C(=O)NC(CC1CC1)C(=O)C(N)=O)C2(C)C. The molecule has 2 aliphatic heterocycles. The van der Waals surface area contributed by atoms with E-state index in [0.29, 0.717) is 26.1 Å². The monoisotopic (exact) mass is 667 g/mol. The van der Waals surface area contributed by atoms with Crippen molar-refractivity contribution in [3.63, 3.8) is 0 Å². The minimum Gasteiger partial charge on any atom is -0.363 e. The molecule has 6 atom stereocenters. The average molecular weight is 668 g/mol. The molecular formula is C31H53N7O7S. The Morgan fingerprint density at radius 1 is 0.935 bits per heavy atom. The fourth-order valence-electron chi connectivity index (χ4n) is 6.69. The molecule has 5 amide bonds. The molecule has 14 nitrogen and oxygen atoms in total. The van der Waals surface area contributed by atoms with Gasteiger partial charge < -0.3 is 26.6 Å². The smallest absolute Gasteiger partial charge is 0.315 e. The quantitative estimate of drug-likeness (QED) is 0.176. The van der Waals surface area contributed by atoms with Crippen molar-refractivity contribution >= 4 is 39.7 Å². The minimum atomic E-state index is -3.67. The first kappa shape index (κ1) is 36.1. The molecule has 0 aromatic heterocycles. The van der Waals surface area contributed by atoms with Crippen LogP contribution in [0.1, 0.15) is 81.1 Å². The number of carbonyl (C=O) groups is 5. The van der Waals surface area contributed by atoms with E-state index in [1.54, 1.807) is 0 Å². The Kier molecular flexibility index (Phi) is 9.94. The van der Waals surface area contributed by atoms with Crippen LogP contribution in [0, 0.1) is 34.0 Å². The molecule has 6 N–H and O–H groups in total. The van der Waals surface area contributed by atoms with Gasteiger partial charge in [0.05, 0.1) is 6.04 Å².